The van der Waals surface area contributed by atoms with Gasteiger partial charge in [-0.3, -0.25) is 9.58 Å². The van der Waals surface area contributed by atoms with Crippen LogP contribution in [0.4, 0.5) is 0 Å². The predicted molar refractivity (Wildman–Crippen MR) is 83.6 cm³/mol. The van der Waals surface area contributed by atoms with Crippen molar-refractivity contribution in [1.82, 2.24) is 14.7 Å². The smallest absolute Gasteiger partial charge is 0.0765 e. The Morgan fingerprint density at radius 3 is 2.80 bits per heavy atom. The summed E-state index contributed by atoms with van der Waals surface area (Å²) in [7, 11) is 0. The molecule has 1 aromatic rings. The number of hydrogen-bond donors (Lipinski definition) is 1. The second-order valence-corrected chi connectivity index (χ2v) is 6.10. The molecule has 0 bridgehead atoms. The van der Waals surface area contributed by atoms with Crippen LogP contribution in [0, 0.1) is 0 Å². The van der Waals surface area contributed by atoms with Crippen LogP contribution in [0.25, 0.3) is 0 Å². The Morgan fingerprint density at radius 2 is 2.15 bits per heavy atom. The molecule has 4 nitrogen and oxygen atoms in total. The molecular formula is C16H30N4. The zero-order valence-corrected chi connectivity index (χ0v) is 13.1. The van der Waals surface area contributed by atoms with Crippen LogP contribution in [0.2, 0.25) is 0 Å². The largest absolute Gasteiger partial charge is 0.329 e. The maximum absolute atomic E-state index is 5.80. The average molecular weight is 278 g/mol. The first-order chi connectivity index (χ1) is 9.74. The van der Waals surface area contributed by atoms with Crippen LogP contribution in [0.3, 0.4) is 0 Å². The van der Waals surface area contributed by atoms with E-state index in [0.717, 1.165) is 26.1 Å². The Kier molecular flexibility index (Phi) is 6.05. The van der Waals surface area contributed by atoms with Crippen molar-refractivity contribution in [3.05, 3.63) is 18.0 Å². The summed E-state index contributed by atoms with van der Waals surface area (Å²) in [6.45, 7) is 7.10. The highest BCUT2D eigenvalue weighted by Gasteiger charge is 2.21. The maximum Gasteiger partial charge on any atom is 0.0765 e. The molecule has 4 heteroatoms. The van der Waals surface area contributed by atoms with E-state index in [1.165, 1.54) is 37.8 Å². The average Bonchev–Trinajstić information content (AvgIpc) is 2.95. The van der Waals surface area contributed by atoms with Gasteiger partial charge in [0.1, 0.15) is 0 Å². The quantitative estimate of drug-likeness (QED) is 0.834. The molecule has 114 valence electrons. The molecule has 1 unspecified atom stereocenters. The molecular weight excluding hydrogens is 248 g/mol. The van der Waals surface area contributed by atoms with Crippen LogP contribution in [-0.2, 0) is 6.54 Å². The van der Waals surface area contributed by atoms with Gasteiger partial charge in [-0.05, 0) is 32.3 Å². The van der Waals surface area contributed by atoms with Crippen LogP contribution in [-0.4, -0.2) is 33.8 Å². The van der Waals surface area contributed by atoms with Gasteiger partial charge >= 0.3 is 0 Å². The van der Waals surface area contributed by atoms with Crippen molar-refractivity contribution in [1.29, 1.82) is 0 Å². The zero-order valence-electron chi connectivity index (χ0n) is 13.1. The van der Waals surface area contributed by atoms with E-state index in [2.05, 4.69) is 35.7 Å². The highest BCUT2D eigenvalue weighted by molar-refractivity contribution is 5.00. The van der Waals surface area contributed by atoms with Crippen molar-refractivity contribution in [2.24, 2.45) is 5.73 Å². The van der Waals surface area contributed by atoms with Gasteiger partial charge in [-0.25, -0.2) is 0 Å². The molecule has 20 heavy (non-hydrogen) atoms. The van der Waals surface area contributed by atoms with Gasteiger partial charge in [0.25, 0.3) is 0 Å². The Bertz CT molecular complexity index is 382. The minimum atomic E-state index is 0.487. The Morgan fingerprint density at radius 1 is 1.40 bits per heavy atom. The normalized spacial score (nSPS) is 18.6. The molecule has 0 aliphatic heterocycles. The number of aromatic nitrogens is 2. The molecule has 1 atom stereocenters. The third kappa shape index (κ3) is 4.06. The molecule has 2 rings (SSSR count). The standard InChI is InChI=1S/C16H30N4/c1-3-14(2)20-11-9-15(18-20)13-19(12-10-17)16-7-5-4-6-8-16/h9,11,14,16H,3-8,10,12-13,17H2,1-2H3. The third-order valence-corrected chi connectivity index (χ3v) is 4.58. The van der Waals surface area contributed by atoms with E-state index in [-0.39, 0.29) is 0 Å². The second-order valence-electron chi connectivity index (χ2n) is 6.10. The van der Waals surface area contributed by atoms with Crippen LogP contribution < -0.4 is 5.73 Å². The van der Waals surface area contributed by atoms with Gasteiger partial charge in [-0.2, -0.15) is 5.10 Å². The molecule has 1 aliphatic rings. The van der Waals surface area contributed by atoms with E-state index in [9.17, 15) is 0 Å². The first-order valence-corrected chi connectivity index (χ1v) is 8.22. The zero-order chi connectivity index (χ0) is 14.4. The molecule has 1 fully saturated rings. The molecule has 1 aromatic heterocycles. The molecule has 0 aromatic carbocycles. The van der Waals surface area contributed by atoms with Crippen LogP contribution in [0.5, 0.6) is 0 Å². The monoisotopic (exact) mass is 278 g/mol. The molecule has 2 N–H and O–H groups in total. The summed E-state index contributed by atoms with van der Waals surface area (Å²) < 4.78 is 2.09. The molecule has 1 saturated carbocycles. The van der Waals surface area contributed by atoms with E-state index in [0.29, 0.717) is 12.1 Å². The summed E-state index contributed by atoms with van der Waals surface area (Å²) in [6.07, 6.45) is 10.0. The van der Waals surface area contributed by atoms with E-state index < -0.39 is 0 Å². The van der Waals surface area contributed by atoms with E-state index in [1.807, 2.05) is 0 Å². The summed E-state index contributed by atoms with van der Waals surface area (Å²) in [4.78, 5) is 2.54. The van der Waals surface area contributed by atoms with E-state index in [4.69, 9.17) is 10.8 Å². The van der Waals surface area contributed by atoms with Gasteiger partial charge in [0.2, 0.25) is 0 Å². The maximum atomic E-state index is 5.80. The molecule has 0 spiro atoms. The van der Waals surface area contributed by atoms with Crippen molar-refractivity contribution < 1.29 is 0 Å². The molecule has 0 amide bonds. The Balaban J connectivity index is 1.97. The lowest BCUT2D eigenvalue weighted by atomic mass is 9.94. The molecule has 1 heterocycles. The lowest BCUT2D eigenvalue weighted by Gasteiger charge is -2.33. The van der Waals surface area contributed by atoms with Gasteiger partial charge in [-0.15, -0.1) is 0 Å². The summed E-state index contributed by atoms with van der Waals surface area (Å²) in [5, 5.41) is 4.73. The molecule has 0 radical (unpaired) electrons. The van der Waals surface area contributed by atoms with Crippen molar-refractivity contribution >= 4 is 0 Å². The SMILES string of the molecule is CCC(C)n1ccc(CN(CCN)C2CCCCC2)n1. The van der Waals surface area contributed by atoms with Crippen LogP contribution >= 0.6 is 0 Å². The molecule has 1 aliphatic carbocycles. The van der Waals surface area contributed by atoms with Gasteiger partial charge < -0.3 is 5.73 Å². The fourth-order valence-corrected chi connectivity index (χ4v) is 3.11. The second kappa shape index (κ2) is 7.79. The van der Waals surface area contributed by atoms with Crippen LogP contribution in [0.15, 0.2) is 12.3 Å². The lowest BCUT2D eigenvalue weighted by Crippen LogP contribution is -2.39. The summed E-state index contributed by atoms with van der Waals surface area (Å²) in [6, 6.07) is 3.36. The minimum Gasteiger partial charge on any atom is -0.329 e. The van der Waals surface area contributed by atoms with Crippen molar-refractivity contribution in [3.8, 4) is 0 Å². The van der Waals surface area contributed by atoms with Gasteiger partial charge in [0.05, 0.1) is 5.69 Å². The summed E-state index contributed by atoms with van der Waals surface area (Å²) in [5.41, 5.74) is 6.98. The fourth-order valence-electron chi connectivity index (χ4n) is 3.11. The van der Waals surface area contributed by atoms with Gasteiger partial charge in [0, 0.05) is 37.9 Å². The highest BCUT2D eigenvalue weighted by atomic mass is 15.3. The lowest BCUT2D eigenvalue weighted by molar-refractivity contribution is 0.150. The van der Waals surface area contributed by atoms with Gasteiger partial charge in [-0.1, -0.05) is 26.2 Å². The van der Waals surface area contributed by atoms with Crippen molar-refractivity contribution in [2.45, 2.75) is 71.0 Å². The fraction of sp³-hybridized carbons (Fsp3) is 0.812. The summed E-state index contributed by atoms with van der Waals surface area (Å²) >= 11 is 0. The van der Waals surface area contributed by atoms with Crippen molar-refractivity contribution in [2.75, 3.05) is 13.1 Å². The summed E-state index contributed by atoms with van der Waals surface area (Å²) in [5.74, 6) is 0. The van der Waals surface area contributed by atoms with Crippen molar-refractivity contribution in [3.63, 3.8) is 0 Å². The predicted octanol–water partition coefficient (Wildman–Crippen LogP) is 2.95. The number of hydrogen-bond acceptors (Lipinski definition) is 3. The third-order valence-electron chi connectivity index (χ3n) is 4.58. The molecule has 0 saturated heterocycles. The first-order valence-electron chi connectivity index (χ1n) is 8.22. The van der Waals surface area contributed by atoms with Crippen LogP contribution in [0.1, 0.15) is 64.1 Å². The van der Waals surface area contributed by atoms with E-state index in [1.54, 1.807) is 0 Å². The number of nitrogens with zero attached hydrogens (tertiary/aromatic N) is 3. The number of rotatable bonds is 7. The van der Waals surface area contributed by atoms with Gasteiger partial charge in [0.15, 0.2) is 0 Å². The Labute approximate surface area is 123 Å². The minimum absolute atomic E-state index is 0.487. The Hall–Kier alpha value is -0.870. The topological polar surface area (TPSA) is 47.1 Å². The number of nitrogens with two attached hydrogens (primary N) is 1. The highest BCUT2D eigenvalue weighted by Crippen LogP contribution is 2.23. The van der Waals surface area contributed by atoms with E-state index >= 15 is 0 Å². The first kappa shape index (κ1) is 15.5.